The first-order valence-corrected chi connectivity index (χ1v) is 6.98. The highest BCUT2D eigenvalue weighted by Gasteiger charge is 2.08. The molecule has 3 nitrogen and oxygen atoms in total. The lowest BCUT2D eigenvalue weighted by Gasteiger charge is -2.07. The number of nitrogens with zero attached hydrogens (tertiary/aromatic N) is 2. The minimum absolute atomic E-state index is 0.0817. The Hall–Kier alpha value is -1.52. The van der Waals surface area contributed by atoms with Gasteiger partial charge in [0.25, 0.3) is 0 Å². The summed E-state index contributed by atoms with van der Waals surface area (Å²) in [6.45, 7) is 5.67. The minimum Gasteiger partial charge on any atom is -0.311 e. The quantitative estimate of drug-likeness (QED) is 0.853. The van der Waals surface area contributed by atoms with Crippen LogP contribution in [0.15, 0.2) is 24.3 Å². The van der Waals surface area contributed by atoms with Gasteiger partial charge in [0.15, 0.2) is 5.82 Å². The Labute approximate surface area is 123 Å². The van der Waals surface area contributed by atoms with Gasteiger partial charge in [-0.1, -0.05) is 18.5 Å². The number of aromatic nitrogens is 2. The van der Waals surface area contributed by atoms with Gasteiger partial charge in [-0.25, -0.2) is 14.4 Å². The van der Waals surface area contributed by atoms with Crippen molar-refractivity contribution < 1.29 is 4.39 Å². The van der Waals surface area contributed by atoms with E-state index in [4.69, 9.17) is 11.6 Å². The molecular weight excluding hydrogens is 277 g/mol. The van der Waals surface area contributed by atoms with Crippen molar-refractivity contribution in [2.45, 2.75) is 26.8 Å². The maximum atomic E-state index is 13.2. The molecule has 20 heavy (non-hydrogen) atoms. The lowest BCUT2D eigenvalue weighted by molar-refractivity contribution is 0.628. The number of hydrogen-bond acceptors (Lipinski definition) is 3. The van der Waals surface area contributed by atoms with Gasteiger partial charge >= 0.3 is 0 Å². The van der Waals surface area contributed by atoms with Crippen LogP contribution in [0, 0.1) is 12.7 Å². The van der Waals surface area contributed by atoms with Crippen LogP contribution < -0.4 is 5.32 Å². The standard InChI is InChI=1S/C15H17ClFN3/c1-3-6-18-9-12-7-10(2)19-15(20-12)11-4-5-14(17)13(16)8-11/h4-5,7-8,18H,3,6,9H2,1-2H3. The SMILES string of the molecule is CCCNCc1cc(C)nc(-c2ccc(F)c(Cl)c2)n1. The van der Waals surface area contributed by atoms with Gasteiger partial charge in [-0.2, -0.15) is 0 Å². The van der Waals surface area contributed by atoms with Gasteiger partial charge in [0.1, 0.15) is 5.82 Å². The van der Waals surface area contributed by atoms with Crippen molar-refractivity contribution in [3.8, 4) is 11.4 Å². The summed E-state index contributed by atoms with van der Waals surface area (Å²) in [6.07, 6.45) is 1.07. The van der Waals surface area contributed by atoms with Crippen molar-refractivity contribution in [2.75, 3.05) is 6.54 Å². The number of aryl methyl sites for hydroxylation is 1. The zero-order chi connectivity index (χ0) is 14.5. The van der Waals surface area contributed by atoms with Gasteiger partial charge in [0, 0.05) is 17.8 Å². The molecule has 0 bridgehead atoms. The van der Waals surface area contributed by atoms with Gasteiger partial charge in [0.2, 0.25) is 0 Å². The summed E-state index contributed by atoms with van der Waals surface area (Å²) in [4.78, 5) is 8.87. The Kier molecular flexibility index (Phi) is 5.04. The van der Waals surface area contributed by atoms with Gasteiger partial charge < -0.3 is 5.32 Å². The summed E-state index contributed by atoms with van der Waals surface area (Å²) in [6, 6.07) is 6.46. The normalized spacial score (nSPS) is 10.8. The Bertz CT molecular complexity index is 602. The fourth-order valence-electron chi connectivity index (χ4n) is 1.88. The molecular formula is C15H17ClFN3. The average molecular weight is 294 g/mol. The van der Waals surface area contributed by atoms with Crippen LogP contribution in [-0.4, -0.2) is 16.5 Å². The Morgan fingerprint density at radius 2 is 2.05 bits per heavy atom. The highest BCUT2D eigenvalue weighted by Crippen LogP contribution is 2.22. The lowest BCUT2D eigenvalue weighted by Crippen LogP contribution is -2.15. The molecule has 1 heterocycles. The average Bonchev–Trinajstić information content (AvgIpc) is 2.41. The third-order valence-corrected chi connectivity index (χ3v) is 3.11. The highest BCUT2D eigenvalue weighted by molar-refractivity contribution is 6.31. The van der Waals surface area contributed by atoms with E-state index in [1.807, 2.05) is 13.0 Å². The van der Waals surface area contributed by atoms with Crippen molar-refractivity contribution in [1.29, 1.82) is 0 Å². The van der Waals surface area contributed by atoms with Crippen LogP contribution in [0.3, 0.4) is 0 Å². The number of nitrogens with one attached hydrogen (secondary N) is 1. The number of hydrogen-bond donors (Lipinski definition) is 1. The fourth-order valence-corrected chi connectivity index (χ4v) is 2.06. The van der Waals surface area contributed by atoms with Crippen LogP contribution in [-0.2, 0) is 6.54 Å². The zero-order valence-corrected chi connectivity index (χ0v) is 12.3. The molecule has 0 fully saturated rings. The summed E-state index contributed by atoms with van der Waals surface area (Å²) in [5, 5.41) is 3.38. The van der Waals surface area contributed by atoms with Crippen molar-refractivity contribution in [1.82, 2.24) is 15.3 Å². The molecule has 106 valence electrons. The molecule has 0 aliphatic carbocycles. The van der Waals surface area contributed by atoms with Crippen LogP contribution in [0.4, 0.5) is 4.39 Å². The molecule has 0 saturated heterocycles. The van der Waals surface area contributed by atoms with E-state index in [0.717, 1.165) is 29.9 Å². The molecule has 0 saturated carbocycles. The first kappa shape index (κ1) is 14.9. The first-order valence-electron chi connectivity index (χ1n) is 6.61. The van der Waals surface area contributed by atoms with Crippen molar-refractivity contribution >= 4 is 11.6 Å². The van der Waals surface area contributed by atoms with Crippen LogP contribution in [0.25, 0.3) is 11.4 Å². The predicted molar refractivity (Wildman–Crippen MR) is 79.2 cm³/mol. The summed E-state index contributed by atoms with van der Waals surface area (Å²) in [5.41, 5.74) is 2.52. The number of rotatable bonds is 5. The van der Waals surface area contributed by atoms with Crippen molar-refractivity contribution in [3.63, 3.8) is 0 Å². The smallest absolute Gasteiger partial charge is 0.159 e. The summed E-state index contributed by atoms with van der Waals surface area (Å²) in [5.74, 6) is 0.133. The van der Waals surface area contributed by atoms with E-state index in [1.54, 1.807) is 12.1 Å². The number of benzene rings is 1. The Morgan fingerprint density at radius 1 is 1.25 bits per heavy atom. The predicted octanol–water partition coefficient (Wildman–Crippen LogP) is 3.74. The lowest BCUT2D eigenvalue weighted by atomic mass is 10.2. The van der Waals surface area contributed by atoms with E-state index in [1.165, 1.54) is 6.07 Å². The summed E-state index contributed by atoms with van der Waals surface area (Å²) >= 11 is 5.80. The van der Waals surface area contributed by atoms with Gasteiger partial charge in [-0.15, -0.1) is 0 Å². The monoisotopic (exact) mass is 293 g/mol. The van der Waals surface area contributed by atoms with Crippen LogP contribution >= 0.6 is 11.6 Å². The molecule has 0 atom stereocenters. The molecule has 2 aromatic rings. The van der Waals surface area contributed by atoms with E-state index in [0.29, 0.717) is 12.4 Å². The molecule has 1 N–H and O–H groups in total. The molecule has 0 aliphatic heterocycles. The second-order valence-electron chi connectivity index (χ2n) is 4.63. The molecule has 0 amide bonds. The van der Waals surface area contributed by atoms with E-state index in [9.17, 15) is 4.39 Å². The maximum absolute atomic E-state index is 13.2. The first-order chi connectivity index (χ1) is 9.60. The van der Waals surface area contributed by atoms with Gasteiger partial charge in [-0.3, -0.25) is 0 Å². The third-order valence-electron chi connectivity index (χ3n) is 2.82. The summed E-state index contributed by atoms with van der Waals surface area (Å²) < 4.78 is 13.2. The Morgan fingerprint density at radius 3 is 2.75 bits per heavy atom. The van der Waals surface area contributed by atoms with E-state index >= 15 is 0 Å². The van der Waals surface area contributed by atoms with E-state index < -0.39 is 5.82 Å². The largest absolute Gasteiger partial charge is 0.311 e. The van der Waals surface area contributed by atoms with Crippen molar-refractivity contribution in [3.05, 3.63) is 46.5 Å². The summed E-state index contributed by atoms with van der Waals surface area (Å²) in [7, 11) is 0. The maximum Gasteiger partial charge on any atom is 0.159 e. The van der Waals surface area contributed by atoms with E-state index in [-0.39, 0.29) is 5.02 Å². The second kappa shape index (κ2) is 6.77. The highest BCUT2D eigenvalue weighted by atomic mass is 35.5. The molecule has 0 spiro atoms. The van der Waals surface area contributed by atoms with Crippen LogP contribution in [0.5, 0.6) is 0 Å². The van der Waals surface area contributed by atoms with Crippen molar-refractivity contribution in [2.24, 2.45) is 0 Å². The molecule has 0 unspecified atom stereocenters. The van der Waals surface area contributed by atoms with E-state index in [2.05, 4.69) is 22.2 Å². The molecule has 0 radical (unpaired) electrons. The third kappa shape index (κ3) is 3.74. The Balaban J connectivity index is 2.28. The molecule has 0 aliphatic rings. The van der Waals surface area contributed by atoms with Gasteiger partial charge in [0.05, 0.1) is 10.7 Å². The molecule has 1 aromatic carbocycles. The molecule has 5 heteroatoms. The fraction of sp³-hybridized carbons (Fsp3) is 0.333. The topological polar surface area (TPSA) is 37.8 Å². The van der Waals surface area contributed by atoms with Gasteiger partial charge in [-0.05, 0) is 44.2 Å². The molecule has 1 aromatic heterocycles. The second-order valence-corrected chi connectivity index (χ2v) is 5.04. The number of halogens is 2. The molecule has 2 rings (SSSR count). The zero-order valence-electron chi connectivity index (χ0n) is 11.6. The van der Waals surface area contributed by atoms with Crippen LogP contribution in [0.2, 0.25) is 5.02 Å². The minimum atomic E-state index is -0.437. The van der Waals surface area contributed by atoms with Crippen LogP contribution in [0.1, 0.15) is 24.7 Å².